The highest BCUT2D eigenvalue weighted by Gasteiger charge is 2.77. The molecule has 0 aromatic heterocycles. The third-order valence-electron chi connectivity index (χ3n) is 16.4. The lowest BCUT2D eigenvalue weighted by Gasteiger charge is -2.63. The maximum atomic E-state index is 14.2. The minimum atomic E-state index is -1.38. The van der Waals surface area contributed by atoms with Crippen LogP contribution in [0, 0.1) is 45.8 Å². The number of rotatable bonds is 10. The van der Waals surface area contributed by atoms with Gasteiger partial charge in [0, 0.05) is 23.2 Å². The zero-order valence-corrected chi connectivity index (χ0v) is 30.2. The van der Waals surface area contributed by atoms with Crippen LogP contribution in [-0.2, 0) is 9.53 Å². The fourth-order valence-electron chi connectivity index (χ4n) is 13.0. The van der Waals surface area contributed by atoms with Crippen molar-refractivity contribution in [1.29, 1.82) is 0 Å². The second-order valence-corrected chi connectivity index (χ2v) is 18.7. The highest BCUT2D eigenvalue weighted by Crippen LogP contribution is 2.74. The van der Waals surface area contributed by atoms with Gasteiger partial charge < -0.3 is 35.6 Å². The van der Waals surface area contributed by atoms with Gasteiger partial charge in [-0.05, 0) is 124 Å². The third-order valence-corrected chi connectivity index (χ3v) is 16.4. The molecule has 3 saturated carbocycles. The molecule has 0 amide bonds. The highest BCUT2D eigenvalue weighted by atomic mass is 16.6. The molecule has 272 valence electrons. The standard InChI is InChI=1S/C39H64N2O7/c1-6-13-38(46,33-32(48-33)37(5,45)34(2,21-42)14-9-22-12-17-41-29(40)18-22)28-19-23-7-8-25-30-26(11-16-36(28,4)39(23,30)47)35(3)15-10-24(43)20-27(35)31(25)44/h22-24,26-29,32-33,41-43,45-47H,6-21,40H2,1-5H3/p+1/t22?,23-,24+,26+,27+,28-,29?,32+,33-,34+,35+,36-,37+,38-,39-/m1/s1. The van der Waals surface area contributed by atoms with Gasteiger partial charge in [-0.2, -0.15) is 0 Å². The predicted octanol–water partition coefficient (Wildman–Crippen LogP) is 2.70. The van der Waals surface area contributed by atoms with Gasteiger partial charge in [0.15, 0.2) is 5.78 Å². The van der Waals surface area contributed by atoms with E-state index >= 15 is 0 Å². The number of carbonyl (C=O) groups is 1. The molecule has 0 bridgehead atoms. The van der Waals surface area contributed by atoms with Crippen LogP contribution >= 0.6 is 0 Å². The van der Waals surface area contributed by atoms with E-state index in [4.69, 9.17) is 10.5 Å². The van der Waals surface area contributed by atoms with Crippen LogP contribution in [0.15, 0.2) is 11.1 Å². The summed E-state index contributed by atoms with van der Waals surface area (Å²) in [5.41, 5.74) is 2.43. The summed E-state index contributed by atoms with van der Waals surface area (Å²) < 4.78 is 6.42. The average Bonchev–Trinajstić information content (AvgIpc) is 3.83. The molecule has 7 aliphatic rings. The molecule has 2 unspecified atom stereocenters. The van der Waals surface area contributed by atoms with Gasteiger partial charge in [0.05, 0.1) is 36.1 Å². The monoisotopic (exact) mass is 673 g/mol. The molecule has 2 aliphatic heterocycles. The van der Waals surface area contributed by atoms with Crippen molar-refractivity contribution in [1.82, 2.24) is 0 Å². The van der Waals surface area contributed by atoms with Crippen molar-refractivity contribution < 1.29 is 40.4 Å². The first-order valence-corrected chi connectivity index (χ1v) is 19.5. The summed E-state index contributed by atoms with van der Waals surface area (Å²) in [4.78, 5) is 14.2. The van der Waals surface area contributed by atoms with Crippen LogP contribution in [0.4, 0.5) is 0 Å². The number of ether oxygens (including phenoxy) is 1. The molecule has 5 aliphatic carbocycles. The number of ketones is 1. The lowest BCUT2D eigenvalue weighted by Crippen LogP contribution is -2.94. The van der Waals surface area contributed by atoms with E-state index in [9.17, 15) is 30.3 Å². The Balaban J connectivity index is 1.18. The van der Waals surface area contributed by atoms with Crippen molar-refractivity contribution in [3.63, 3.8) is 0 Å². The van der Waals surface area contributed by atoms with Crippen molar-refractivity contribution in [2.45, 2.75) is 166 Å². The predicted molar refractivity (Wildman–Crippen MR) is 181 cm³/mol. The first kappa shape index (κ1) is 35.5. The number of allylic oxidation sites excluding steroid dienone is 1. The number of hydrogen-bond donors (Lipinski definition) is 7. The van der Waals surface area contributed by atoms with E-state index in [-0.39, 0.29) is 47.6 Å². The molecule has 2 saturated heterocycles. The van der Waals surface area contributed by atoms with Crippen molar-refractivity contribution >= 4 is 5.78 Å². The second-order valence-electron chi connectivity index (χ2n) is 18.7. The Bertz CT molecular complexity index is 1320. The van der Waals surface area contributed by atoms with Crippen LogP contribution < -0.4 is 11.1 Å². The van der Waals surface area contributed by atoms with E-state index in [1.807, 2.05) is 6.92 Å². The molecule has 0 aromatic carbocycles. The van der Waals surface area contributed by atoms with Gasteiger partial charge in [-0.1, -0.05) is 34.1 Å². The van der Waals surface area contributed by atoms with E-state index in [0.717, 1.165) is 62.6 Å². The van der Waals surface area contributed by atoms with Gasteiger partial charge in [-0.3, -0.25) is 10.5 Å². The fourth-order valence-corrected chi connectivity index (χ4v) is 13.0. The van der Waals surface area contributed by atoms with Crippen LogP contribution in [-0.4, -0.2) is 85.7 Å². The molecule has 48 heavy (non-hydrogen) atoms. The molecule has 9 nitrogen and oxygen atoms in total. The molecule has 0 spiro atoms. The van der Waals surface area contributed by atoms with E-state index in [1.54, 1.807) is 6.92 Å². The van der Waals surface area contributed by atoms with Gasteiger partial charge in [-0.15, -0.1) is 0 Å². The van der Waals surface area contributed by atoms with Crippen LogP contribution in [0.2, 0.25) is 0 Å². The van der Waals surface area contributed by atoms with Gasteiger partial charge in [0.25, 0.3) is 0 Å². The molecule has 0 aromatic rings. The number of epoxide rings is 1. The fraction of sp³-hybridized carbons (Fsp3) is 0.923. The Labute approximate surface area is 287 Å². The van der Waals surface area contributed by atoms with Crippen molar-refractivity contribution in [3.05, 3.63) is 11.1 Å². The van der Waals surface area contributed by atoms with E-state index in [0.29, 0.717) is 50.9 Å². The summed E-state index contributed by atoms with van der Waals surface area (Å²) in [5.74, 6) is 0.185. The molecule has 0 radical (unpaired) electrons. The summed E-state index contributed by atoms with van der Waals surface area (Å²) in [7, 11) is 0. The number of aliphatic hydroxyl groups is 5. The minimum Gasteiger partial charge on any atom is -0.396 e. The Morgan fingerprint density at radius 2 is 1.75 bits per heavy atom. The Kier molecular flexibility index (Phi) is 8.73. The van der Waals surface area contributed by atoms with Crippen molar-refractivity contribution in [2.24, 2.45) is 51.6 Å². The van der Waals surface area contributed by atoms with Crippen LogP contribution in [0.3, 0.4) is 0 Å². The van der Waals surface area contributed by atoms with Crippen LogP contribution in [0.25, 0.3) is 0 Å². The summed E-state index contributed by atoms with van der Waals surface area (Å²) in [5, 5.41) is 62.0. The number of aliphatic hydroxyl groups excluding tert-OH is 2. The Hall–Kier alpha value is -0.910. The largest absolute Gasteiger partial charge is 0.396 e. The number of hydrogen-bond acceptors (Lipinski definition) is 8. The van der Waals surface area contributed by atoms with Crippen molar-refractivity contribution in [2.75, 3.05) is 13.2 Å². The van der Waals surface area contributed by atoms with E-state index < -0.39 is 45.9 Å². The summed E-state index contributed by atoms with van der Waals surface area (Å²) in [6.07, 6.45) is 8.79. The molecule has 7 rings (SSSR count). The number of fused-ring (bicyclic) bond motifs is 2. The van der Waals surface area contributed by atoms with Crippen LogP contribution in [0.1, 0.15) is 125 Å². The smallest absolute Gasteiger partial charge is 0.162 e. The molecule has 2 heterocycles. The van der Waals surface area contributed by atoms with E-state index in [1.165, 1.54) is 0 Å². The zero-order chi connectivity index (χ0) is 34.7. The number of piperidine rings is 1. The Morgan fingerprint density at radius 1 is 1.00 bits per heavy atom. The van der Waals surface area contributed by atoms with Crippen molar-refractivity contribution in [3.8, 4) is 0 Å². The molecule has 9 N–H and O–H groups in total. The highest BCUT2D eigenvalue weighted by molar-refractivity contribution is 6.00. The normalized spacial score (nSPS) is 49.0. The lowest BCUT2D eigenvalue weighted by atomic mass is 9.42. The summed E-state index contributed by atoms with van der Waals surface area (Å²) in [6.45, 7) is 11.0. The number of quaternary nitrogens is 1. The average molecular weight is 674 g/mol. The number of carbonyl (C=O) groups excluding carboxylic acids is 1. The lowest BCUT2D eigenvalue weighted by molar-refractivity contribution is -0.699. The number of nitrogens with two attached hydrogens (primary N) is 2. The minimum absolute atomic E-state index is 0.0564. The summed E-state index contributed by atoms with van der Waals surface area (Å²) >= 11 is 0. The van der Waals surface area contributed by atoms with Gasteiger partial charge in [0.2, 0.25) is 0 Å². The molecule has 15 atom stereocenters. The molecule has 5 fully saturated rings. The topological polar surface area (TPSA) is 173 Å². The quantitative estimate of drug-likeness (QED) is 0.174. The van der Waals surface area contributed by atoms with Crippen LogP contribution in [0.5, 0.6) is 0 Å². The van der Waals surface area contributed by atoms with Gasteiger partial charge >= 0.3 is 0 Å². The first-order chi connectivity index (χ1) is 22.5. The Morgan fingerprint density at radius 3 is 2.44 bits per heavy atom. The second kappa shape index (κ2) is 11.8. The molecular weight excluding hydrogens is 608 g/mol. The SMILES string of the molecule is CCC[C@](O)([C@@H]1O[C@@H]1[C@](C)(O)[C@](C)(CO)CCC1CC[NH2+]C(N)C1)[C@@H]1C[C@H]2CCC3=C4[C@H](CC[C@@]1(C)[C@]42O)[C@]1(C)CC[C@H](O)C[C@H]1C3=O. The maximum Gasteiger partial charge on any atom is 0.162 e. The van der Waals surface area contributed by atoms with Gasteiger partial charge in [-0.25, -0.2) is 0 Å². The third kappa shape index (κ3) is 4.80. The number of Topliss-reactive ketones (excluding diaryl/α,β-unsaturated/α-hetero) is 1. The maximum absolute atomic E-state index is 14.2. The van der Waals surface area contributed by atoms with Gasteiger partial charge in [0.1, 0.15) is 18.4 Å². The summed E-state index contributed by atoms with van der Waals surface area (Å²) in [6, 6.07) is 0. The first-order valence-electron chi connectivity index (χ1n) is 19.5. The molecular formula is C39H65N2O7+. The molecule has 9 heteroatoms. The zero-order valence-electron chi connectivity index (χ0n) is 30.2. The van der Waals surface area contributed by atoms with E-state index in [2.05, 4.69) is 26.1 Å².